The molecule has 1 atom stereocenters. The fraction of sp³-hybridized carbons (Fsp3) is 0.368. The Kier molecular flexibility index (Phi) is 4.50. The van der Waals surface area contributed by atoms with Crippen molar-refractivity contribution in [3.05, 3.63) is 36.2 Å². The van der Waals surface area contributed by atoms with E-state index in [4.69, 9.17) is 5.73 Å². The number of nitrogens with zero attached hydrogens (tertiary/aromatic N) is 4. The third-order valence-corrected chi connectivity index (χ3v) is 4.84. The largest absolute Gasteiger partial charge is 0.399 e. The quantitative estimate of drug-likeness (QED) is 0.747. The smallest absolute Gasteiger partial charge is 0.329 e. The Morgan fingerprint density at radius 1 is 1.29 bits per heavy atom. The van der Waals surface area contributed by atoms with Crippen molar-refractivity contribution in [1.82, 2.24) is 15.3 Å². The van der Waals surface area contributed by atoms with Gasteiger partial charge >= 0.3 is 6.03 Å². The molecule has 4 heterocycles. The lowest BCUT2D eigenvalue weighted by Crippen LogP contribution is -2.48. The van der Waals surface area contributed by atoms with E-state index in [0.29, 0.717) is 17.3 Å². The molecule has 2 aromatic heterocycles. The van der Waals surface area contributed by atoms with Crippen LogP contribution in [0.15, 0.2) is 30.5 Å². The number of rotatable bonds is 3. The molecule has 0 saturated carbocycles. The molecule has 0 spiro atoms. The number of urea groups is 1. The SMILES string of the molecule is CC(C)NC(=O)c1ccc2c(n1)N(C(=O)Nc1cc(N)ccn1)[C@H]1CCN2C1. The van der Waals surface area contributed by atoms with Crippen LogP contribution in [0.3, 0.4) is 0 Å². The molecule has 4 N–H and O–H groups in total. The predicted molar refractivity (Wildman–Crippen MR) is 108 cm³/mol. The van der Waals surface area contributed by atoms with Crippen LogP contribution in [0.25, 0.3) is 0 Å². The topological polar surface area (TPSA) is 116 Å². The summed E-state index contributed by atoms with van der Waals surface area (Å²) in [6, 6.07) is 6.47. The number of nitrogens with one attached hydrogen (secondary N) is 2. The number of carbonyl (C=O) groups is 2. The first kappa shape index (κ1) is 18.0. The first-order valence-electron chi connectivity index (χ1n) is 9.31. The van der Waals surface area contributed by atoms with Gasteiger partial charge in [-0.15, -0.1) is 0 Å². The van der Waals surface area contributed by atoms with Crippen LogP contribution in [0.4, 0.5) is 27.8 Å². The Morgan fingerprint density at radius 2 is 2.11 bits per heavy atom. The summed E-state index contributed by atoms with van der Waals surface area (Å²) >= 11 is 0. The van der Waals surface area contributed by atoms with Gasteiger partial charge in [0.2, 0.25) is 0 Å². The van der Waals surface area contributed by atoms with Crippen LogP contribution >= 0.6 is 0 Å². The lowest BCUT2D eigenvalue weighted by Gasteiger charge is -2.35. The number of amides is 3. The number of aromatic nitrogens is 2. The van der Waals surface area contributed by atoms with E-state index in [1.807, 2.05) is 19.9 Å². The molecule has 0 aliphatic carbocycles. The number of nitrogen functional groups attached to an aromatic ring is 1. The monoisotopic (exact) mass is 381 g/mol. The second-order valence-corrected chi connectivity index (χ2v) is 7.33. The summed E-state index contributed by atoms with van der Waals surface area (Å²) in [7, 11) is 0. The third kappa shape index (κ3) is 3.30. The van der Waals surface area contributed by atoms with Crippen molar-refractivity contribution in [3.8, 4) is 0 Å². The zero-order chi connectivity index (χ0) is 19.8. The van der Waals surface area contributed by atoms with Gasteiger partial charge in [-0.2, -0.15) is 0 Å². The van der Waals surface area contributed by atoms with Gasteiger partial charge in [0, 0.05) is 37.1 Å². The zero-order valence-electron chi connectivity index (χ0n) is 15.8. The minimum Gasteiger partial charge on any atom is -0.399 e. The van der Waals surface area contributed by atoms with E-state index in [1.165, 1.54) is 0 Å². The Bertz CT molecular complexity index is 930. The third-order valence-electron chi connectivity index (χ3n) is 4.84. The lowest BCUT2D eigenvalue weighted by molar-refractivity contribution is 0.0938. The van der Waals surface area contributed by atoms with E-state index in [0.717, 1.165) is 25.2 Å². The summed E-state index contributed by atoms with van der Waals surface area (Å²) in [4.78, 5) is 38.0. The van der Waals surface area contributed by atoms with Crippen molar-refractivity contribution >= 4 is 34.9 Å². The molecule has 1 fully saturated rings. The number of carbonyl (C=O) groups excluding carboxylic acids is 2. The number of hydrogen-bond acceptors (Lipinski definition) is 6. The van der Waals surface area contributed by atoms with E-state index >= 15 is 0 Å². The average molecular weight is 381 g/mol. The number of pyridine rings is 2. The van der Waals surface area contributed by atoms with Gasteiger partial charge in [-0.1, -0.05) is 0 Å². The molecule has 2 bridgehead atoms. The molecule has 3 amide bonds. The summed E-state index contributed by atoms with van der Waals surface area (Å²) in [5.74, 6) is 0.607. The van der Waals surface area contributed by atoms with Crippen LogP contribution in [-0.2, 0) is 0 Å². The summed E-state index contributed by atoms with van der Waals surface area (Å²) in [6.45, 7) is 5.36. The normalized spacial score (nSPS) is 17.5. The molecule has 2 aliphatic rings. The summed E-state index contributed by atoms with van der Waals surface area (Å²) < 4.78 is 0. The van der Waals surface area contributed by atoms with E-state index < -0.39 is 0 Å². The fourth-order valence-electron chi connectivity index (χ4n) is 3.62. The summed E-state index contributed by atoms with van der Waals surface area (Å²) in [6.07, 6.45) is 2.38. The second kappa shape index (κ2) is 6.99. The van der Waals surface area contributed by atoms with Gasteiger partial charge in [0.15, 0.2) is 5.82 Å². The average Bonchev–Trinajstić information content (AvgIpc) is 3.05. The molecule has 146 valence electrons. The van der Waals surface area contributed by atoms with Gasteiger partial charge in [0.25, 0.3) is 5.91 Å². The summed E-state index contributed by atoms with van der Waals surface area (Å²) in [5, 5.41) is 5.63. The van der Waals surface area contributed by atoms with Crippen LogP contribution in [0.5, 0.6) is 0 Å². The predicted octanol–water partition coefficient (Wildman–Crippen LogP) is 1.83. The van der Waals surface area contributed by atoms with E-state index in [-0.39, 0.29) is 29.7 Å². The van der Waals surface area contributed by atoms with Crippen molar-refractivity contribution in [1.29, 1.82) is 0 Å². The van der Waals surface area contributed by atoms with Crippen molar-refractivity contribution in [2.24, 2.45) is 0 Å². The minimum atomic E-state index is -0.334. The highest BCUT2D eigenvalue weighted by molar-refractivity contribution is 6.05. The maximum atomic E-state index is 13.1. The number of fused-ring (bicyclic) bond motifs is 4. The molecule has 2 aliphatic heterocycles. The van der Waals surface area contributed by atoms with Gasteiger partial charge in [-0.05, 0) is 38.5 Å². The molecule has 0 aromatic carbocycles. The first-order chi connectivity index (χ1) is 13.4. The van der Waals surface area contributed by atoms with Crippen molar-refractivity contribution in [3.63, 3.8) is 0 Å². The Hall–Kier alpha value is -3.36. The molecule has 9 heteroatoms. The fourth-order valence-corrected chi connectivity index (χ4v) is 3.62. The van der Waals surface area contributed by atoms with Crippen LogP contribution in [-0.4, -0.2) is 47.1 Å². The van der Waals surface area contributed by atoms with Gasteiger partial charge in [0.05, 0.1) is 11.7 Å². The lowest BCUT2D eigenvalue weighted by atomic mass is 10.1. The van der Waals surface area contributed by atoms with Crippen LogP contribution < -0.4 is 26.2 Å². The number of anilines is 4. The molecule has 0 radical (unpaired) electrons. The van der Waals surface area contributed by atoms with Crippen LogP contribution in [0, 0.1) is 0 Å². The maximum absolute atomic E-state index is 13.1. The highest BCUT2D eigenvalue weighted by Crippen LogP contribution is 2.39. The number of hydrogen-bond donors (Lipinski definition) is 3. The molecular formula is C19H23N7O2. The zero-order valence-corrected chi connectivity index (χ0v) is 15.8. The van der Waals surface area contributed by atoms with Crippen molar-refractivity contribution in [2.75, 3.05) is 33.9 Å². The van der Waals surface area contributed by atoms with Crippen molar-refractivity contribution in [2.45, 2.75) is 32.4 Å². The molecule has 0 unspecified atom stereocenters. The van der Waals surface area contributed by atoms with Gasteiger partial charge < -0.3 is 16.0 Å². The highest BCUT2D eigenvalue weighted by Gasteiger charge is 2.40. The van der Waals surface area contributed by atoms with E-state index in [1.54, 1.807) is 29.3 Å². The molecule has 4 rings (SSSR count). The first-order valence-corrected chi connectivity index (χ1v) is 9.31. The van der Waals surface area contributed by atoms with Gasteiger partial charge in [0.1, 0.15) is 11.5 Å². The molecule has 28 heavy (non-hydrogen) atoms. The van der Waals surface area contributed by atoms with Gasteiger partial charge in [-0.25, -0.2) is 14.8 Å². The molecule has 9 nitrogen and oxygen atoms in total. The molecule has 2 aromatic rings. The summed E-state index contributed by atoms with van der Waals surface area (Å²) in [5.41, 5.74) is 7.43. The molecule has 1 saturated heterocycles. The van der Waals surface area contributed by atoms with E-state index in [9.17, 15) is 9.59 Å². The standard InChI is InChI=1S/C19H23N7O2/c1-11(2)22-18(27)14-3-4-15-17(23-14)26(13-6-8-25(15)10-13)19(28)24-16-9-12(20)5-7-21-16/h3-5,7,9,11,13H,6,8,10H2,1-2H3,(H,22,27)(H3,20,21,24,28)/t13-/m0/s1. The Balaban J connectivity index is 1.67. The van der Waals surface area contributed by atoms with Crippen LogP contribution in [0.1, 0.15) is 30.8 Å². The van der Waals surface area contributed by atoms with E-state index in [2.05, 4.69) is 25.5 Å². The Morgan fingerprint density at radius 3 is 2.86 bits per heavy atom. The second-order valence-electron chi connectivity index (χ2n) is 7.33. The maximum Gasteiger partial charge on any atom is 0.329 e. The van der Waals surface area contributed by atoms with Gasteiger partial charge in [-0.3, -0.25) is 15.0 Å². The number of nitrogens with two attached hydrogens (primary N) is 1. The molecular weight excluding hydrogens is 358 g/mol. The highest BCUT2D eigenvalue weighted by atomic mass is 16.2. The Labute approximate surface area is 162 Å². The minimum absolute atomic E-state index is 0.000668. The van der Waals surface area contributed by atoms with Crippen LogP contribution in [0.2, 0.25) is 0 Å². The van der Waals surface area contributed by atoms with Crippen molar-refractivity contribution < 1.29 is 9.59 Å².